The van der Waals surface area contributed by atoms with Crippen molar-refractivity contribution in [2.24, 2.45) is 5.92 Å². The maximum absolute atomic E-state index is 11.1. The van der Waals surface area contributed by atoms with Gasteiger partial charge in [-0.1, -0.05) is 30.9 Å². The molecule has 1 aromatic heterocycles. The van der Waals surface area contributed by atoms with E-state index in [4.69, 9.17) is 16.7 Å². The third-order valence-electron chi connectivity index (χ3n) is 3.81. The van der Waals surface area contributed by atoms with Gasteiger partial charge in [0.15, 0.2) is 0 Å². The van der Waals surface area contributed by atoms with E-state index < -0.39 is 5.97 Å². The zero-order valence-electron chi connectivity index (χ0n) is 10.0. The summed E-state index contributed by atoms with van der Waals surface area (Å²) in [5.41, 5.74) is 0.299. The topological polar surface area (TPSA) is 42.2 Å². The van der Waals surface area contributed by atoms with Crippen molar-refractivity contribution in [3.05, 3.63) is 23.0 Å². The number of carboxylic acid groups (broad SMARTS) is 1. The van der Waals surface area contributed by atoms with Crippen molar-refractivity contribution in [3.63, 3.8) is 0 Å². The number of rotatable bonds is 3. The molecule has 3 nitrogen and oxygen atoms in total. The van der Waals surface area contributed by atoms with Gasteiger partial charge in [0.05, 0.1) is 5.02 Å². The summed E-state index contributed by atoms with van der Waals surface area (Å²) in [7, 11) is 0. The number of hydrogen-bond acceptors (Lipinski definition) is 1. The van der Waals surface area contributed by atoms with Crippen LogP contribution in [0.3, 0.4) is 0 Å². The number of carboxylic acids is 1. The first kappa shape index (κ1) is 12.5. The van der Waals surface area contributed by atoms with Crippen molar-refractivity contribution in [3.8, 4) is 0 Å². The molecule has 1 aromatic rings. The summed E-state index contributed by atoms with van der Waals surface area (Å²) in [6.45, 7) is 2.10. The van der Waals surface area contributed by atoms with Crippen molar-refractivity contribution in [1.82, 2.24) is 4.57 Å². The maximum Gasteiger partial charge on any atom is 0.352 e. The average molecular weight is 256 g/mol. The van der Waals surface area contributed by atoms with Crippen LogP contribution in [0.4, 0.5) is 0 Å². The van der Waals surface area contributed by atoms with Gasteiger partial charge in [0, 0.05) is 12.2 Å². The Morgan fingerprint density at radius 3 is 2.71 bits per heavy atom. The lowest BCUT2D eigenvalue weighted by Crippen LogP contribution is -2.21. The minimum atomic E-state index is -0.903. The van der Waals surface area contributed by atoms with E-state index in [0.29, 0.717) is 16.6 Å². The Balaban J connectivity index is 2.22. The highest BCUT2D eigenvalue weighted by molar-refractivity contribution is 6.30. The van der Waals surface area contributed by atoms with E-state index in [1.807, 2.05) is 4.57 Å². The fourth-order valence-corrected chi connectivity index (χ4v) is 3.01. The monoisotopic (exact) mass is 255 g/mol. The molecule has 1 unspecified atom stereocenters. The first-order valence-corrected chi connectivity index (χ1v) is 6.58. The van der Waals surface area contributed by atoms with E-state index in [1.165, 1.54) is 38.2 Å². The summed E-state index contributed by atoms with van der Waals surface area (Å²) < 4.78 is 1.82. The molecule has 1 atom stereocenters. The van der Waals surface area contributed by atoms with E-state index in [-0.39, 0.29) is 6.04 Å². The molecule has 2 rings (SSSR count). The number of halogens is 1. The lowest BCUT2D eigenvalue weighted by molar-refractivity contribution is 0.0679. The Bertz CT molecular complexity index is 408. The summed E-state index contributed by atoms with van der Waals surface area (Å²) in [6, 6.07) is 1.75. The molecule has 0 saturated heterocycles. The van der Waals surface area contributed by atoms with Crippen LogP contribution in [0.25, 0.3) is 0 Å². The van der Waals surface area contributed by atoms with Crippen molar-refractivity contribution < 1.29 is 9.90 Å². The van der Waals surface area contributed by atoms with E-state index in [2.05, 4.69) is 6.92 Å². The van der Waals surface area contributed by atoms with Crippen LogP contribution in [-0.2, 0) is 0 Å². The van der Waals surface area contributed by atoms with Crippen LogP contribution in [0.2, 0.25) is 5.02 Å². The Morgan fingerprint density at radius 1 is 1.47 bits per heavy atom. The molecule has 1 saturated carbocycles. The third kappa shape index (κ3) is 2.65. The smallest absolute Gasteiger partial charge is 0.352 e. The van der Waals surface area contributed by atoms with Crippen LogP contribution < -0.4 is 0 Å². The number of aromatic nitrogens is 1. The molecular formula is C13H18ClNO2. The number of carbonyl (C=O) groups is 1. The molecule has 1 fully saturated rings. The van der Waals surface area contributed by atoms with Crippen molar-refractivity contribution >= 4 is 17.6 Å². The zero-order chi connectivity index (χ0) is 12.4. The van der Waals surface area contributed by atoms with Crippen LogP contribution >= 0.6 is 11.6 Å². The predicted octanol–water partition coefficient (Wildman–Crippen LogP) is 3.98. The number of nitrogens with zero attached hydrogens (tertiary/aromatic N) is 1. The molecule has 17 heavy (non-hydrogen) atoms. The third-order valence-corrected chi connectivity index (χ3v) is 4.01. The minimum Gasteiger partial charge on any atom is -0.477 e. The van der Waals surface area contributed by atoms with Crippen LogP contribution in [0.15, 0.2) is 12.3 Å². The van der Waals surface area contributed by atoms with Gasteiger partial charge >= 0.3 is 5.97 Å². The van der Waals surface area contributed by atoms with E-state index >= 15 is 0 Å². The fourth-order valence-electron chi connectivity index (χ4n) is 2.80. The largest absolute Gasteiger partial charge is 0.477 e. The quantitative estimate of drug-likeness (QED) is 0.888. The molecule has 0 aliphatic heterocycles. The standard InChI is InChI=1S/C13H18ClNO2/c1-9(10-5-3-2-4-6-10)15-8-11(14)7-12(15)13(16)17/h7-10H,2-6H2,1H3,(H,16,17). The van der Waals surface area contributed by atoms with E-state index in [1.54, 1.807) is 6.20 Å². The first-order chi connectivity index (χ1) is 8.09. The summed E-state index contributed by atoms with van der Waals surface area (Å²) in [4.78, 5) is 11.1. The Hall–Kier alpha value is -0.960. The molecular weight excluding hydrogens is 238 g/mol. The normalized spacial score (nSPS) is 19.2. The lowest BCUT2D eigenvalue weighted by Gasteiger charge is -2.29. The van der Waals surface area contributed by atoms with Crippen molar-refractivity contribution in [2.45, 2.75) is 45.1 Å². The van der Waals surface area contributed by atoms with Gasteiger partial charge in [0.1, 0.15) is 5.69 Å². The van der Waals surface area contributed by atoms with Gasteiger partial charge in [-0.25, -0.2) is 4.79 Å². The molecule has 0 amide bonds. The highest BCUT2D eigenvalue weighted by atomic mass is 35.5. The fraction of sp³-hybridized carbons (Fsp3) is 0.615. The second-order valence-corrected chi connectivity index (χ2v) is 5.33. The van der Waals surface area contributed by atoms with E-state index in [9.17, 15) is 4.79 Å². The SMILES string of the molecule is CC(C1CCCCC1)n1cc(Cl)cc1C(=O)O. The molecule has 1 aliphatic carbocycles. The second kappa shape index (κ2) is 5.13. The molecule has 0 bridgehead atoms. The van der Waals surface area contributed by atoms with Gasteiger partial charge in [-0.05, 0) is 31.7 Å². The van der Waals surface area contributed by atoms with Crippen molar-refractivity contribution in [1.29, 1.82) is 0 Å². The predicted molar refractivity (Wildman–Crippen MR) is 67.7 cm³/mol. The molecule has 0 spiro atoms. The van der Waals surface area contributed by atoms with Gasteiger partial charge in [-0.3, -0.25) is 0 Å². The van der Waals surface area contributed by atoms with Gasteiger partial charge in [-0.15, -0.1) is 0 Å². The number of aromatic carboxylic acids is 1. The van der Waals surface area contributed by atoms with Crippen LogP contribution in [-0.4, -0.2) is 15.6 Å². The molecule has 1 heterocycles. The second-order valence-electron chi connectivity index (χ2n) is 4.89. The molecule has 0 aromatic carbocycles. The van der Waals surface area contributed by atoms with Gasteiger partial charge in [0.25, 0.3) is 0 Å². The average Bonchev–Trinajstić information content (AvgIpc) is 2.72. The molecule has 4 heteroatoms. The highest BCUT2D eigenvalue weighted by Crippen LogP contribution is 2.34. The molecule has 94 valence electrons. The minimum absolute atomic E-state index is 0.217. The molecule has 1 N–H and O–H groups in total. The summed E-state index contributed by atoms with van der Waals surface area (Å²) in [5.74, 6) is -0.329. The summed E-state index contributed by atoms with van der Waals surface area (Å²) in [6.07, 6.45) is 7.94. The van der Waals surface area contributed by atoms with Gasteiger partial charge < -0.3 is 9.67 Å². The number of hydrogen-bond donors (Lipinski definition) is 1. The Labute approximate surface area is 106 Å². The summed E-state index contributed by atoms with van der Waals surface area (Å²) >= 11 is 5.91. The van der Waals surface area contributed by atoms with Gasteiger partial charge in [-0.2, -0.15) is 0 Å². The first-order valence-electron chi connectivity index (χ1n) is 6.20. The van der Waals surface area contributed by atoms with Crippen LogP contribution in [0.5, 0.6) is 0 Å². The van der Waals surface area contributed by atoms with Crippen molar-refractivity contribution in [2.75, 3.05) is 0 Å². The molecule has 1 aliphatic rings. The Morgan fingerprint density at radius 2 is 2.12 bits per heavy atom. The lowest BCUT2D eigenvalue weighted by atomic mass is 9.84. The molecule has 0 radical (unpaired) electrons. The summed E-state index contributed by atoms with van der Waals surface area (Å²) in [5, 5.41) is 9.65. The van der Waals surface area contributed by atoms with Crippen LogP contribution in [0, 0.1) is 5.92 Å². The Kier molecular flexibility index (Phi) is 3.77. The van der Waals surface area contributed by atoms with Gasteiger partial charge in [0.2, 0.25) is 0 Å². The maximum atomic E-state index is 11.1. The van der Waals surface area contributed by atoms with E-state index in [0.717, 1.165) is 0 Å². The zero-order valence-corrected chi connectivity index (χ0v) is 10.8. The van der Waals surface area contributed by atoms with Crippen LogP contribution in [0.1, 0.15) is 55.6 Å². The highest BCUT2D eigenvalue weighted by Gasteiger charge is 2.24.